The van der Waals surface area contributed by atoms with E-state index in [1.165, 1.54) is 6.42 Å². The second kappa shape index (κ2) is 6.27. The van der Waals surface area contributed by atoms with Gasteiger partial charge in [0.15, 0.2) is 5.78 Å². The molecule has 1 saturated carbocycles. The Bertz CT molecular complexity index is 503. The summed E-state index contributed by atoms with van der Waals surface area (Å²) in [5.74, 6) is 1.43. The first kappa shape index (κ1) is 15.5. The predicted octanol–water partition coefficient (Wildman–Crippen LogP) is 3.48. The largest absolute Gasteiger partial charge is 0.497 e. The van der Waals surface area contributed by atoms with Gasteiger partial charge in [-0.3, -0.25) is 4.79 Å². The van der Waals surface area contributed by atoms with Crippen molar-refractivity contribution >= 4 is 21.7 Å². The van der Waals surface area contributed by atoms with E-state index in [1.54, 1.807) is 7.11 Å². The van der Waals surface area contributed by atoms with Crippen molar-refractivity contribution < 1.29 is 9.53 Å². The van der Waals surface area contributed by atoms with E-state index in [0.29, 0.717) is 12.3 Å². The average molecular weight is 340 g/mol. The third kappa shape index (κ3) is 3.41. The minimum atomic E-state index is -0.653. The molecule has 1 aliphatic rings. The van der Waals surface area contributed by atoms with Crippen molar-refractivity contribution in [2.75, 3.05) is 7.11 Å². The molecule has 110 valence electrons. The minimum absolute atomic E-state index is 0.137. The fourth-order valence-electron chi connectivity index (χ4n) is 3.01. The molecule has 0 amide bonds. The average Bonchev–Trinajstić information content (AvgIpc) is 2.41. The molecule has 0 aliphatic heterocycles. The molecule has 0 aromatic heterocycles. The first-order valence-electron chi connectivity index (χ1n) is 7.09. The molecule has 2 atom stereocenters. The van der Waals surface area contributed by atoms with Gasteiger partial charge in [-0.15, -0.1) is 0 Å². The zero-order valence-corrected chi connectivity index (χ0v) is 13.7. The van der Waals surface area contributed by atoms with Crippen LogP contribution in [0.5, 0.6) is 5.75 Å². The Kier molecular flexibility index (Phi) is 4.86. The van der Waals surface area contributed by atoms with E-state index < -0.39 is 5.54 Å². The molecule has 2 unspecified atom stereocenters. The first-order chi connectivity index (χ1) is 9.44. The molecule has 4 heteroatoms. The lowest BCUT2D eigenvalue weighted by molar-refractivity contribution is -0.125. The van der Waals surface area contributed by atoms with E-state index in [1.807, 2.05) is 18.2 Å². The molecule has 20 heavy (non-hydrogen) atoms. The second-order valence-corrected chi connectivity index (χ2v) is 6.77. The van der Waals surface area contributed by atoms with Crippen LogP contribution in [0.4, 0.5) is 0 Å². The Morgan fingerprint density at radius 3 is 2.95 bits per heavy atom. The highest BCUT2D eigenvalue weighted by molar-refractivity contribution is 9.10. The van der Waals surface area contributed by atoms with Crippen LogP contribution in [0.1, 0.15) is 38.2 Å². The number of ether oxygens (including phenoxy) is 1. The number of hydrogen-bond acceptors (Lipinski definition) is 3. The van der Waals surface area contributed by atoms with Gasteiger partial charge in [-0.05, 0) is 42.5 Å². The standard InChI is InChI=1S/C16H22BrNO2/c1-11-4-3-7-16(18,10-11)15(19)9-12-8-13(20-2)5-6-14(12)17/h5-6,8,11H,3-4,7,9-10,18H2,1-2H3. The molecule has 2 N–H and O–H groups in total. The van der Waals surface area contributed by atoms with Crippen LogP contribution in [0.2, 0.25) is 0 Å². The van der Waals surface area contributed by atoms with Crippen LogP contribution in [0.25, 0.3) is 0 Å². The lowest BCUT2D eigenvalue weighted by Crippen LogP contribution is -2.51. The Hall–Kier alpha value is -0.870. The van der Waals surface area contributed by atoms with E-state index in [0.717, 1.165) is 35.0 Å². The van der Waals surface area contributed by atoms with Gasteiger partial charge < -0.3 is 10.5 Å². The molecule has 1 fully saturated rings. The summed E-state index contributed by atoms with van der Waals surface area (Å²) in [6, 6.07) is 5.69. The molecule has 2 rings (SSSR count). The van der Waals surface area contributed by atoms with Crippen molar-refractivity contribution in [1.29, 1.82) is 0 Å². The van der Waals surface area contributed by atoms with E-state index in [9.17, 15) is 4.79 Å². The summed E-state index contributed by atoms with van der Waals surface area (Å²) >= 11 is 3.49. The first-order valence-corrected chi connectivity index (χ1v) is 7.88. The number of halogens is 1. The molecule has 1 aromatic rings. The lowest BCUT2D eigenvalue weighted by Gasteiger charge is -2.35. The maximum absolute atomic E-state index is 12.6. The SMILES string of the molecule is COc1ccc(Br)c(CC(=O)C2(N)CCCC(C)C2)c1. The molecule has 0 saturated heterocycles. The van der Waals surface area contributed by atoms with Crippen LogP contribution in [-0.2, 0) is 11.2 Å². The van der Waals surface area contributed by atoms with Crippen LogP contribution in [-0.4, -0.2) is 18.4 Å². The molecular weight excluding hydrogens is 318 g/mol. The van der Waals surface area contributed by atoms with Crippen LogP contribution >= 0.6 is 15.9 Å². The van der Waals surface area contributed by atoms with Gasteiger partial charge in [0.1, 0.15) is 5.75 Å². The highest BCUT2D eigenvalue weighted by atomic mass is 79.9. The Morgan fingerprint density at radius 2 is 2.30 bits per heavy atom. The lowest BCUT2D eigenvalue weighted by atomic mass is 9.73. The van der Waals surface area contributed by atoms with Gasteiger partial charge in [-0.2, -0.15) is 0 Å². The Labute approximate surface area is 129 Å². The van der Waals surface area contributed by atoms with E-state index in [4.69, 9.17) is 10.5 Å². The zero-order chi connectivity index (χ0) is 14.8. The number of hydrogen-bond donors (Lipinski definition) is 1. The van der Waals surface area contributed by atoms with Gasteiger partial charge in [-0.1, -0.05) is 35.7 Å². The fraction of sp³-hybridized carbons (Fsp3) is 0.562. The predicted molar refractivity (Wildman–Crippen MR) is 84.0 cm³/mol. The number of carbonyl (C=O) groups excluding carboxylic acids is 1. The van der Waals surface area contributed by atoms with Gasteiger partial charge in [-0.25, -0.2) is 0 Å². The summed E-state index contributed by atoms with van der Waals surface area (Å²) in [7, 11) is 1.63. The number of Topliss-reactive ketones (excluding diaryl/α,β-unsaturated/α-hetero) is 1. The molecule has 1 aromatic carbocycles. The minimum Gasteiger partial charge on any atom is -0.497 e. The van der Waals surface area contributed by atoms with Crippen molar-refractivity contribution in [3.05, 3.63) is 28.2 Å². The Morgan fingerprint density at radius 1 is 1.55 bits per heavy atom. The number of rotatable bonds is 4. The van der Waals surface area contributed by atoms with Gasteiger partial charge in [0, 0.05) is 10.9 Å². The molecular formula is C16H22BrNO2. The molecule has 0 spiro atoms. The van der Waals surface area contributed by atoms with Crippen molar-refractivity contribution in [3.8, 4) is 5.75 Å². The highest BCUT2D eigenvalue weighted by Crippen LogP contribution is 2.33. The summed E-state index contributed by atoms with van der Waals surface area (Å²) < 4.78 is 6.15. The fourth-order valence-corrected chi connectivity index (χ4v) is 3.39. The normalized spacial score (nSPS) is 26.3. The highest BCUT2D eigenvalue weighted by Gasteiger charge is 2.37. The van der Waals surface area contributed by atoms with Crippen molar-refractivity contribution in [1.82, 2.24) is 0 Å². The molecule has 0 bridgehead atoms. The van der Waals surface area contributed by atoms with E-state index >= 15 is 0 Å². The maximum atomic E-state index is 12.6. The maximum Gasteiger partial charge on any atom is 0.157 e. The number of carbonyl (C=O) groups is 1. The summed E-state index contributed by atoms with van der Waals surface area (Å²) in [6.07, 6.45) is 4.18. The number of methoxy groups -OCH3 is 1. The van der Waals surface area contributed by atoms with Gasteiger partial charge in [0.2, 0.25) is 0 Å². The summed E-state index contributed by atoms with van der Waals surface area (Å²) in [6.45, 7) is 2.18. The summed E-state index contributed by atoms with van der Waals surface area (Å²) in [4.78, 5) is 12.6. The van der Waals surface area contributed by atoms with Crippen molar-refractivity contribution in [2.24, 2.45) is 11.7 Å². The topological polar surface area (TPSA) is 52.3 Å². The third-order valence-electron chi connectivity index (χ3n) is 4.19. The second-order valence-electron chi connectivity index (χ2n) is 5.91. The monoisotopic (exact) mass is 339 g/mol. The number of nitrogens with two attached hydrogens (primary N) is 1. The summed E-state index contributed by atoms with van der Waals surface area (Å²) in [5.41, 5.74) is 6.65. The Balaban J connectivity index is 2.15. The van der Waals surface area contributed by atoms with Crippen LogP contribution < -0.4 is 10.5 Å². The number of ketones is 1. The quantitative estimate of drug-likeness (QED) is 0.913. The van der Waals surface area contributed by atoms with Gasteiger partial charge in [0.05, 0.1) is 12.6 Å². The molecule has 0 heterocycles. The van der Waals surface area contributed by atoms with Crippen LogP contribution in [0.15, 0.2) is 22.7 Å². The molecule has 3 nitrogen and oxygen atoms in total. The third-order valence-corrected chi connectivity index (χ3v) is 4.97. The van der Waals surface area contributed by atoms with Gasteiger partial charge in [0.25, 0.3) is 0 Å². The van der Waals surface area contributed by atoms with E-state index in [-0.39, 0.29) is 5.78 Å². The van der Waals surface area contributed by atoms with Crippen LogP contribution in [0, 0.1) is 5.92 Å². The summed E-state index contributed by atoms with van der Waals surface area (Å²) in [5, 5.41) is 0. The molecule has 1 aliphatic carbocycles. The van der Waals surface area contributed by atoms with Crippen LogP contribution in [0.3, 0.4) is 0 Å². The molecule has 0 radical (unpaired) electrons. The smallest absolute Gasteiger partial charge is 0.157 e. The van der Waals surface area contributed by atoms with Crippen molar-refractivity contribution in [3.63, 3.8) is 0 Å². The van der Waals surface area contributed by atoms with Gasteiger partial charge >= 0.3 is 0 Å². The van der Waals surface area contributed by atoms with E-state index in [2.05, 4.69) is 22.9 Å². The van der Waals surface area contributed by atoms with Crippen molar-refractivity contribution in [2.45, 2.75) is 44.6 Å². The zero-order valence-electron chi connectivity index (χ0n) is 12.1. The number of benzene rings is 1.